The first-order valence-corrected chi connectivity index (χ1v) is 19.2. The quantitative estimate of drug-likeness (QED) is 0.131. The van der Waals surface area contributed by atoms with E-state index < -0.39 is 15.2 Å². The molecule has 0 bridgehead atoms. The smallest absolute Gasteiger partial charge is 0.250 e. The van der Waals surface area contributed by atoms with E-state index in [0.717, 1.165) is 11.3 Å². The van der Waals surface area contributed by atoms with Gasteiger partial charge in [-0.3, -0.25) is 0 Å². The van der Waals surface area contributed by atoms with Gasteiger partial charge >= 0.3 is 0 Å². The van der Waals surface area contributed by atoms with Crippen LogP contribution in [0.15, 0.2) is 78.9 Å². The summed E-state index contributed by atoms with van der Waals surface area (Å²) in [6, 6.07) is 24.7. The van der Waals surface area contributed by atoms with Gasteiger partial charge in [0.25, 0.3) is 0 Å². The third-order valence-corrected chi connectivity index (χ3v) is 8.49. The van der Waals surface area contributed by atoms with Gasteiger partial charge in [0.15, 0.2) is 34.9 Å². The van der Waals surface area contributed by atoms with Crippen molar-refractivity contribution >= 4 is 152 Å². The lowest BCUT2D eigenvalue weighted by molar-refractivity contribution is 0.415. The third-order valence-electron chi connectivity index (χ3n) is 6.46. The SMILES string of the molecule is C[BH2-]c1ccc(OC)cc1.Cc1ccc(-c2nc(C(Cl)(Cl)Cl)nc(C(Cl)(Cl)Cl)n2)cc1.ClC(Cl)(Cl)c1nc(-c2ccccc2)nc(C(Cl)(Cl)Cl)n1. The van der Waals surface area contributed by atoms with Crippen LogP contribution >= 0.6 is 139 Å². The summed E-state index contributed by atoms with van der Waals surface area (Å²) >= 11 is 69.6. The van der Waals surface area contributed by atoms with Crippen LogP contribution in [0, 0.1) is 6.92 Å². The van der Waals surface area contributed by atoms with Crippen LogP contribution in [0.25, 0.3) is 22.8 Å². The summed E-state index contributed by atoms with van der Waals surface area (Å²) in [6.45, 7) is 4.22. The van der Waals surface area contributed by atoms with Gasteiger partial charge in [0, 0.05) is 11.1 Å². The van der Waals surface area contributed by atoms with Gasteiger partial charge in [-0.15, -0.1) is 0 Å². The predicted octanol–water partition coefficient (Wildman–Crippen LogP) is 11.2. The Kier molecular flexibility index (Phi) is 16.6. The summed E-state index contributed by atoms with van der Waals surface area (Å²) < 4.78 is -2.38. The van der Waals surface area contributed by atoms with E-state index in [1.165, 1.54) is 5.46 Å². The first-order chi connectivity index (χ1) is 23.6. The molecule has 0 spiro atoms. The zero-order valence-corrected chi connectivity index (χ0v) is 35.7. The minimum Gasteiger partial charge on any atom is -0.497 e. The maximum atomic E-state index is 5.81. The summed E-state index contributed by atoms with van der Waals surface area (Å²) in [5.74, 6) is 1.01. The van der Waals surface area contributed by atoms with Crippen molar-refractivity contribution in [2.24, 2.45) is 0 Å². The highest BCUT2D eigenvalue weighted by atomic mass is 35.6. The molecule has 7 nitrogen and oxygen atoms in total. The summed E-state index contributed by atoms with van der Waals surface area (Å²) in [5, 5.41) is 0. The van der Waals surface area contributed by atoms with E-state index in [1.54, 1.807) is 19.2 Å². The lowest BCUT2D eigenvalue weighted by Crippen LogP contribution is -2.16. The van der Waals surface area contributed by atoms with Crippen molar-refractivity contribution in [3.8, 4) is 28.5 Å². The molecule has 51 heavy (non-hydrogen) atoms. The largest absolute Gasteiger partial charge is 0.497 e. The van der Waals surface area contributed by atoms with Gasteiger partial charge in [0.05, 0.1) is 7.11 Å². The molecule has 0 aliphatic carbocycles. The van der Waals surface area contributed by atoms with Crippen molar-refractivity contribution in [2.45, 2.75) is 28.9 Å². The molecular formula is C31H24BCl12N6O-. The molecule has 272 valence electrons. The molecule has 2 heterocycles. The fraction of sp³-hybridized carbons (Fsp3) is 0.226. The van der Waals surface area contributed by atoms with Crippen LogP contribution in [0.1, 0.15) is 28.9 Å². The van der Waals surface area contributed by atoms with E-state index >= 15 is 0 Å². The van der Waals surface area contributed by atoms with Gasteiger partial charge in [-0.25, -0.2) is 35.4 Å². The Morgan fingerprint density at radius 2 is 0.824 bits per heavy atom. The zero-order chi connectivity index (χ0) is 38.2. The summed E-state index contributed by atoms with van der Waals surface area (Å²) in [4.78, 5) is 24.2. The van der Waals surface area contributed by atoms with Gasteiger partial charge in [0.2, 0.25) is 15.2 Å². The zero-order valence-electron chi connectivity index (χ0n) is 26.6. The second kappa shape index (κ2) is 19.1. The van der Waals surface area contributed by atoms with Crippen molar-refractivity contribution in [3.63, 3.8) is 0 Å². The summed E-state index contributed by atoms with van der Waals surface area (Å²) in [5.41, 5.74) is 3.92. The number of aryl methyl sites for hydroxylation is 1. The Morgan fingerprint density at radius 1 is 0.471 bits per heavy atom. The van der Waals surface area contributed by atoms with Crippen LogP contribution in [0.2, 0.25) is 6.82 Å². The second-order valence-electron chi connectivity index (χ2n) is 10.4. The van der Waals surface area contributed by atoms with E-state index in [4.69, 9.17) is 144 Å². The Bertz CT molecular complexity index is 1780. The summed E-state index contributed by atoms with van der Waals surface area (Å²) in [6.07, 6.45) is 0. The van der Waals surface area contributed by atoms with E-state index in [1.807, 2.05) is 61.5 Å². The fourth-order valence-corrected chi connectivity index (χ4v) is 4.83. The standard InChI is InChI=1S/C12H7Cl6N3.C11H5Cl6N3.C8H12BO/c1-6-2-4-7(5-3-6)8-19-9(11(13,14)15)21-10(20-8)12(16,17)18;12-10(13,14)8-18-7(6-4-2-1-3-5-6)19-9(20-8)11(15,16)17;1-9-7-3-5-8(10-2)6-4-7/h2-5H,1H3;1-5H;3-6H,9H2,1-2H3/q;;-1. The molecule has 0 saturated carbocycles. The number of nitrogens with zero attached hydrogens (tertiary/aromatic N) is 6. The van der Waals surface area contributed by atoms with Gasteiger partial charge in [-0.2, -0.15) is 6.82 Å². The molecule has 0 saturated heterocycles. The molecule has 5 aromatic rings. The molecule has 3 aromatic carbocycles. The Morgan fingerprint density at radius 3 is 1.14 bits per heavy atom. The van der Waals surface area contributed by atoms with Crippen LogP contribution in [0.5, 0.6) is 5.75 Å². The molecular weight excluding hydrogens is 909 g/mol. The number of aromatic nitrogens is 6. The van der Waals surface area contributed by atoms with E-state index in [0.29, 0.717) is 11.1 Å². The molecule has 0 unspecified atom stereocenters. The third kappa shape index (κ3) is 14.3. The predicted molar refractivity (Wildman–Crippen MR) is 219 cm³/mol. The number of hydrogen-bond donors (Lipinski definition) is 0. The van der Waals surface area contributed by atoms with Crippen LogP contribution in [-0.2, 0) is 15.2 Å². The average Bonchev–Trinajstić information content (AvgIpc) is 3.07. The van der Waals surface area contributed by atoms with Gasteiger partial charge in [-0.1, -0.05) is 212 Å². The lowest BCUT2D eigenvalue weighted by atomic mass is 9.73. The van der Waals surface area contributed by atoms with Crippen molar-refractivity contribution in [1.29, 1.82) is 0 Å². The van der Waals surface area contributed by atoms with Crippen LogP contribution in [0.4, 0.5) is 0 Å². The molecule has 0 atom stereocenters. The number of benzene rings is 3. The molecule has 0 amide bonds. The average molecular weight is 933 g/mol. The fourth-order valence-electron chi connectivity index (χ4n) is 3.81. The molecule has 0 aliphatic heterocycles. The first kappa shape index (κ1) is 44.4. The highest BCUT2D eigenvalue weighted by Crippen LogP contribution is 2.42. The Balaban J connectivity index is 0.000000219. The van der Waals surface area contributed by atoms with Gasteiger partial charge in [-0.05, 0) is 26.3 Å². The monoisotopic (exact) mass is 927 g/mol. The van der Waals surface area contributed by atoms with E-state index in [-0.39, 0.29) is 42.2 Å². The molecule has 2 aromatic heterocycles. The Labute approximate surface area is 355 Å². The number of hydrogen-bond acceptors (Lipinski definition) is 7. The molecule has 0 radical (unpaired) electrons. The Hall–Kier alpha value is -0.975. The second-order valence-corrected chi connectivity index (χ2v) is 19.5. The number of ether oxygens (including phenoxy) is 1. The van der Waals surface area contributed by atoms with Crippen LogP contribution < -0.4 is 10.2 Å². The maximum Gasteiger partial charge on any atom is 0.250 e. The lowest BCUT2D eigenvalue weighted by Gasteiger charge is -2.15. The number of alkyl halides is 12. The molecule has 20 heteroatoms. The van der Waals surface area contributed by atoms with Gasteiger partial charge < -0.3 is 4.74 Å². The minimum atomic E-state index is -1.85. The molecule has 0 fully saturated rings. The van der Waals surface area contributed by atoms with E-state index in [2.05, 4.69) is 48.9 Å². The van der Waals surface area contributed by atoms with Crippen LogP contribution in [-0.4, -0.2) is 44.3 Å². The number of methoxy groups -OCH3 is 1. The van der Waals surface area contributed by atoms with Crippen molar-refractivity contribution in [1.82, 2.24) is 29.9 Å². The van der Waals surface area contributed by atoms with Crippen molar-refractivity contribution in [2.75, 3.05) is 7.11 Å². The number of halogens is 12. The number of rotatable bonds is 4. The van der Waals surface area contributed by atoms with E-state index in [9.17, 15) is 0 Å². The van der Waals surface area contributed by atoms with Gasteiger partial charge in [0.1, 0.15) is 5.75 Å². The normalized spacial score (nSPS) is 11.9. The van der Waals surface area contributed by atoms with Crippen molar-refractivity contribution < 1.29 is 4.74 Å². The molecule has 5 rings (SSSR count). The topological polar surface area (TPSA) is 86.6 Å². The maximum absolute atomic E-state index is 5.81. The molecule has 0 aliphatic rings. The highest BCUT2D eigenvalue weighted by molar-refractivity contribution is 6.68. The molecule has 0 N–H and O–H groups in total. The van der Waals surface area contributed by atoms with Crippen molar-refractivity contribution in [3.05, 3.63) is 108 Å². The van der Waals surface area contributed by atoms with Crippen LogP contribution in [0.3, 0.4) is 0 Å². The first-order valence-electron chi connectivity index (χ1n) is 14.6. The minimum absolute atomic E-state index is 0.112. The summed E-state index contributed by atoms with van der Waals surface area (Å²) in [7, 11) is 1.81. The highest BCUT2D eigenvalue weighted by Gasteiger charge is 2.35.